The summed E-state index contributed by atoms with van der Waals surface area (Å²) in [6, 6.07) is 7.61. The molecular formula is C20H23FN6. The zero-order valence-electron chi connectivity index (χ0n) is 15.2. The Labute approximate surface area is 157 Å². The van der Waals surface area contributed by atoms with Crippen LogP contribution in [0.2, 0.25) is 0 Å². The van der Waals surface area contributed by atoms with Gasteiger partial charge in [0, 0.05) is 30.7 Å². The number of piperidine rings is 1. The minimum absolute atomic E-state index is 0.285. The van der Waals surface area contributed by atoms with Crippen molar-refractivity contribution in [1.29, 1.82) is 0 Å². The van der Waals surface area contributed by atoms with Crippen LogP contribution < -0.4 is 10.2 Å². The Hall–Kier alpha value is -2.54. The number of anilines is 1. The van der Waals surface area contributed by atoms with E-state index in [1.165, 1.54) is 25.3 Å². The number of rotatable bonds is 3. The molecule has 2 fully saturated rings. The van der Waals surface area contributed by atoms with E-state index in [1.54, 1.807) is 12.3 Å². The Morgan fingerprint density at radius 1 is 1.11 bits per heavy atom. The molecule has 2 unspecified atom stereocenters. The van der Waals surface area contributed by atoms with Crippen LogP contribution in [-0.4, -0.2) is 45.8 Å². The maximum absolute atomic E-state index is 14.6. The number of fused-ring (bicyclic) bond motifs is 1. The van der Waals surface area contributed by atoms with Crippen molar-refractivity contribution in [3.8, 4) is 11.4 Å². The van der Waals surface area contributed by atoms with Crippen molar-refractivity contribution in [3.05, 3.63) is 36.3 Å². The van der Waals surface area contributed by atoms with Crippen molar-refractivity contribution in [2.45, 2.75) is 31.7 Å². The molecule has 0 radical (unpaired) electrons. The van der Waals surface area contributed by atoms with Gasteiger partial charge in [-0.05, 0) is 62.4 Å². The van der Waals surface area contributed by atoms with Crippen LogP contribution in [0.5, 0.6) is 0 Å². The van der Waals surface area contributed by atoms with Crippen molar-refractivity contribution in [3.63, 3.8) is 0 Å². The highest BCUT2D eigenvalue weighted by Gasteiger charge is 2.30. The summed E-state index contributed by atoms with van der Waals surface area (Å²) in [6.07, 6.45) is 6.60. The molecule has 3 aromatic rings. The van der Waals surface area contributed by atoms with Gasteiger partial charge in [-0.15, -0.1) is 0 Å². The van der Waals surface area contributed by atoms with Crippen LogP contribution in [0.3, 0.4) is 0 Å². The second-order valence-corrected chi connectivity index (χ2v) is 7.52. The maximum atomic E-state index is 14.6. The number of aromatic amines is 1. The van der Waals surface area contributed by atoms with Gasteiger partial charge >= 0.3 is 0 Å². The van der Waals surface area contributed by atoms with Crippen LogP contribution in [0, 0.1) is 11.7 Å². The molecule has 6 nitrogen and oxygen atoms in total. The largest absolute Gasteiger partial charge is 0.356 e. The molecular weight excluding hydrogens is 343 g/mol. The van der Waals surface area contributed by atoms with Gasteiger partial charge in [0.25, 0.3) is 0 Å². The highest BCUT2D eigenvalue weighted by atomic mass is 19.1. The lowest BCUT2D eigenvalue weighted by atomic mass is 9.90. The molecule has 3 aromatic heterocycles. The van der Waals surface area contributed by atoms with Gasteiger partial charge in [-0.2, -0.15) is 5.10 Å². The van der Waals surface area contributed by atoms with Crippen molar-refractivity contribution in [2.75, 3.05) is 24.5 Å². The van der Waals surface area contributed by atoms with Gasteiger partial charge in [0.1, 0.15) is 17.2 Å². The lowest BCUT2D eigenvalue weighted by Crippen LogP contribution is -2.43. The fourth-order valence-corrected chi connectivity index (χ4v) is 4.47. The second-order valence-electron chi connectivity index (χ2n) is 7.52. The highest BCUT2D eigenvalue weighted by molar-refractivity contribution is 5.89. The number of pyridine rings is 2. The molecule has 5 rings (SSSR count). The van der Waals surface area contributed by atoms with Gasteiger partial charge < -0.3 is 10.2 Å². The van der Waals surface area contributed by atoms with Gasteiger partial charge in [-0.1, -0.05) is 0 Å². The van der Waals surface area contributed by atoms with Crippen molar-refractivity contribution in [2.24, 2.45) is 5.92 Å². The average Bonchev–Trinajstić information content (AvgIpc) is 3.39. The fraction of sp³-hybridized carbons (Fsp3) is 0.450. The normalized spacial score (nSPS) is 23.2. The number of H-pyrrole nitrogens is 1. The summed E-state index contributed by atoms with van der Waals surface area (Å²) in [5, 5.41) is 11.6. The predicted octanol–water partition coefficient (Wildman–Crippen LogP) is 3.13. The van der Waals surface area contributed by atoms with E-state index >= 15 is 0 Å². The summed E-state index contributed by atoms with van der Waals surface area (Å²) in [6.45, 7) is 3.06. The predicted molar refractivity (Wildman–Crippen MR) is 103 cm³/mol. The van der Waals surface area contributed by atoms with Crippen LogP contribution in [0.15, 0.2) is 30.5 Å². The lowest BCUT2D eigenvalue weighted by molar-refractivity contribution is 0.328. The molecule has 140 valence electrons. The topological polar surface area (TPSA) is 69.7 Å². The maximum Gasteiger partial charge on any atom is 0.155 e. The number of nitrogens with one attached hydrogen (secondary N) is 2. The molecule has 0 aliphatic carbocycles. The molecule has 0 aromatic carbocycles. The summed E-state index contributed by atoms with van der Waals surface area (Å²) < 4.78 is 14.6. The van der Waals surface area contributed by atoms with E-state index in [1.807, 2.05) is 12.1 Å². The number of hydrogen-bond acceptors (Lipinski definition) is 5. The Morgan fingerprint density at radius 3 is 2.96 bits per heavy atom. The quantitative estimate of drug-likeness (QED) is 0.745. The Kier molecular flexibility index (Phi) is 4.24. The third kappa shape index (κ3) is 3.06. The molecule has 2 saturated heterocycles. The lowest BCUT2D eigenvalue weighted by Gasteiger charge is -2.36. The highest BCUT2D eigenvalue weighted by Crippen LogP contribution is 2.31. The Bertz CT molecular complexity index is 949. The third-order valence-electron chi connectivity index (χ3n) is 5.84. The number of halogens is 1. The molecule has 0 spiro atoms. The monoisotopic (exact) mass is 366 g/mol. The summed E-state index contributed by atoms with van der Waals surface area (Å²) in [7, 11) is 0. The van der Waals surface area contributed by atoms with E-state index in [0.29, 0.717) is 23.3 Å². The van der Waals surface area contributed by atoms with Gasteiger partial charge in [-0.25, -0.2) is 14.4 Å². The van der Waals surface area contributed by atoms with Gasteiger partial charge in [0.05, 0.1) is 0 Å². The second kappa shape index (κ2) is 6.88. The minimum Gasteiger partial charge on any atom is -0.356 e. The van der Waals surface area contributed by atoms with Crippen LogP contribution in [0.1, 0.15) is 25.7 Å². The third-order valence-corrected chi connectivity index (χ3v) is 5.84. The number of nitrogens with zero attached hydrogens (tertiary/aromatic N) is 4. The smallest absolute Gasteiger partial charge is 0.155 e. The van der Waals surface area contributed by atoms with E-state index in [2.05, 4.69) is 30.4 Å². The first-order chi connectivity index (χ1) is 13.3. The van der Waals surface area contributed by atoms with Gasteiger partial charge in [0.2, 0.25) is 0 Å². The number of aromatic nitrogens is 4. The van der Waals surface area contributed by atoms with Crippen molar-refractivity contribution >= 4 is 16.9 Å². The van der Waals surface area contributed by atoms with Crippen LogP contribution >= 0.6 is 0 Å². The van der Waals surface area contributed by atoms with Gasteiger partial charge in [-0.3, -0.25) is 5.10 Å². The molecule has 5 heterocycles. The molecule has 0 bridgehead atoms. The molecule has 7 heteroatoms. The van der Waals surface area contributed by atoms with E-state index in [4.69, 9.17) is 0 Å². The minimum atomic E-state index is -0.359. The van der Waals surface area contributed by atoms with Crippen LogP contribution in [0.4, 0.5) is 10.2 Å². The van der Waals surface area contributed by atoms with E-state index in [-0.39, 0.29) is 11.5 Å². The molecule has 2 N–H and O–H groups in total. The zero-order valence-corrected chi connectivity index (χ0v) is 15.2. The van der Waals surface area contributed by atoms with E-state index in [0.717, 1.165) is 37.3 Å². The van der Waals surface area contributed by atoms with E-state index < -0.39 is 0 Å². The first-order valence-electron chi connectivity index (χ1n) is 9.74. The molecule has 2 atom stereocenters. The SMILES string of the molecule is Fc1ccc(N2CCCC(C3CCCN3)C2)nc1-c1n[nH]c2ncccc12. The molecule has 2 aliphatic heterocycles. The number of hydrogen-bond donors (Lipinski definition) is 2. The standard InChI is InChI=1S/C20H23FN6/c21-15-7-8-17(27-11-3-4-13(12-27)16-6-2-9-22-16)24-19(15)18-14-5-1-10-23-20(14)26-25-18/h1,5,7-8,10,13,16,22H,2-4,6,9,11-12H2,(H,23,25,26). The van der Waals surface area contributed by atoms with Gasteiger partial charge in [0.15, 0.2) is 11.5 Å². The molecule has 27 heavy (non-hydrogen) atoms. The first kappa shape index (κ1) is 16.6. The molecule has 0 amide bonds. The molecule has 2 aliphatic rings. The summed E-state index contributed by atoms with van der Waals surface area (Å²) in [5.41, 5.74) is 1.45. The van der Waals surface area contributed by atoms with Crippen LogP contribution in [-0.2, 0) is 0 Å². The van der Waals surface area contributed by atoms with Crippen LogP contribution in [0.25, 0.3) is 22.4 Å². The first-order valence-corrected chi connectivity index (χ1v) is 9.74. The zero-order chi connectivity index (χ0) is 18.2. The summed E-state index contributed by atoms with van der Waals surface area (Å²) >= 11 is 0. The van der Waals surface area contributed by atoms with Crippen molar-refractivity contribution in [1.82, 2.24) is 25.5 Å². The average molecular weight is 366 g/mol. The fourth-order valence-electron chi connectivity index (χ4n) is 4.47. The van der Waals surface area contributed by atoms with Crippen molar-refractivity contribution < 1.29 is 4.39 Å². The molecule has 0 saturated carbocycles. The summed E-state index contributed by atoms with van der Waals surface area (Å²) in [5.74, 6) is 1.10. The summed E-state index contributed by atoms with van der Waals surface area (Å²) in [4.78, 5) is 11.2. The van der Waals surface area contributed by atoms with E-state index in [9.17, 15) is 4.39 Å². The Morgan fingerprint density at radius 2 is 2.07 bits per heavy atom. The Balaban J connectivity index is 1.46.